The number of esters is 1. The van der Waals surface area contributed by atoms with Crippen LogP contribution in [0.3, 0.4) is 0 Å². The van der Waals surface area contributed by atoms with Gasteiger partial charge in [-0.15, -0.1) is 0 Å². The molecule has 1 N–H and O–H groups in total. The van der Waals surface area contributed by atoms with E-state index in [-0.39, 0.29) is 6.61 Å². The molecule has 0 radical (unpaired) electrons. The molecule has 0 bridgehead atoms. The summed E-state index contributed by atoms with van der Waals surface area (Å²) in [6.07, 6.45) is 1.38. The zero-order chi connectivity index (χ0) is 16.8. The molecular weight excluding hydrogens is 308 g/mol. The predicted octanol–water partition coefficient (Wildman–Crippen LogP) is 2.49. The first-order chi connectivity index (χ1) is 10.2. The molecule has 1 aromatic rings. The average Bonchev–Trinajstić information content (AvgIpc) is 2.41. The third-order valence-corrected chi connectivity index (χ3v) is 3.82. The van der Waals surface area contributed by atoms with Crippen LogP contribution in [-0.2, 0) is 24.1 Å². The lowest BCUT2D eigenvalue weighted by atomic mass is 9.82. The van der Waals surface area contributed by atoms with Gasteiger partial charge in [0.2, 0.25) is 0 Å². The molecule has 0 aliphatic rings. The van der Waals surface area contributed by atoms with Crippen LogP contribution in [-0.4, -0.2) is 31.1 Å². The quantitative estimate of drug-likeness (QED) is 0.448. The number of ether oxygens (including phenoxy) is 1. The molecule has 7 heteroatoms. The molecule has 0 spiro atoms. The first-order valence-electron chi connectivity index (χ1n) is 6.68. The van der Waals surface area contributed by atoms with Gasteiger partial charge in [-0.1, -0.05) is 36.9 Å². The Labute approximate surface area is 130 Å². The number of rotatable bonds is 8. The number of carbonyl (C=O) groups is 1. The van der Waals surface area contributed by atoms with Crippen LogP contribution in [0.5, 0.6) is 0 Å². The lowest BCUT2D eigenvalue weighted by Crippen LogP contribution is -2.36. The summed E-state index contributed by atoms with van der Waals surface area (Å²) in [4.78, 5) is 11.1. The summed E-state index contributed by atoms with van der Waals surface area (Å²) in [5, 5.41) is 0. The molecule has 22 heavy (non-hydrogen) atoms. The van der Waals surface area contributed by atoms with E-state index in [4.69, 9.17) is 13.5 Å². The highest BCUT2D eigenvalue weighted by Gasteiger charge is 2.36. The first-order valence-corrected chi connectivity index (χ1v) is 8.04. The third-order valence-electron chi connectivity index (χ3n) is 3.18. The fourth-order valence-electron chi connectivity index (χ4n) is 2.27. The highest BCUT2D eigenvalue weighted by Crippen LogP contribution is 2.35. The molecule has 0 aromatic heterocycles. The van der Waals surface area contributed by atoms with Gasteiger partial charge in [0.05, 0.1) is 12.2 Å². The van der Waals surface area contributed by atoms with Gasteiger partial charge in [-0.2, -0.15) is 8.42 Å². The summed E-state index contributed by atoms with van der Waals surface area (Å²) in [7, 11) is -4.60. The van der Waals surface area contributed by atoms with Gasteiger partial charge in [0.15, 0.2) is 0 Å². The van der Waals surface area contributed by atoms with Crippen LogP contribution >= 0.6 is 0 Å². The van der Waals surface area contributed by atoms with Crippen molar-refractivity contribution in [3.05, 3.63) is 48.6 Å². The molecule has 0 amide bonds. The van der Waals surface area contributed by atoms with Crippen LogP contribution in [0.25, 0.3) is 0 Å². The summed E-state index contributed by atoms with van der Waals surface area (Å²) in [6.45, 7) is 6.47. The smallest absolute Gasteiger partial charge is 0.397 e. The van der Waals surface area contributed by atoms with Crippen molar-refractivity contribution in [1.82, 2.24) is 0 Å². The van der Waals surface area contributed by atoms with Crippen LogP contribution < -0.4 is 0 Å². The Morgan fingerprint density at radius 3 is 2.45 bits per heavy atom. The Morgan fingerprint density at radius 2 is 1.95 bits per heavy atom. The second kappa shape index (κ2) is 7.53. The highest BCUT2D eigenvalue weighted by molar-refractivity contribution is 7.80. The SMILES string of the molecule is C=CC(=O)OCCC(c1ccccc1)C(C)(C)OS(=O)(=O)O. The van der Waals surface area contributed by atoms with Gasteiger partial charge in [0, 0.05) is 12.0 Å². The fourth-order valence-corrected chi connectivity index (χ4v) is 2.93. The van der Waals surface area contributed by atoms with E-state index >= 15 is 0 Å². The number of benzene rings is 1. The second-order valence-corrected chi connectivity index (χ2v) is 6.26. The van der Waals surface area contributed by atoms with Gasteiger partial charge in [-0.05, 0) is 25.8 Å². The van der Waals surface area contributed by atoms with Gasteiger partial charge in [0.25, 0.3) is 0 Å². The maximum Gasteiger partial charge on any atom is 0.397 e. The maximum atomic E-state index is 11.1. The molecule has 6 nitrogen and oxygen atoms in total. The normalized spacial score (nSPS) is 13.4. The molecule has 122 valence electrons. The average molecular weight is 328 g/mol. The minimum absolute atomic E-state index is 0.0721. The zero-order valence-corrected chi connectivity index (χ0v) is 13.4. The minimum atomic E-state index is -4.60. The Bertz CT molecular complexity index is 606. The van der Waals surface area contributed by atoms with Crippen molar-refractivity contribution in [3.63, 3.8) is 0 Å². The summed E-state index contributed by atoms with van der Waals surface area (Å²) in [5.74, 6) is -0.964. The monoisotopic (exact) mass is 328 g/mol. The van der Waals surface area contributed by atoms with Crippen LogP contribution in [0.4, 0.5) is 0 Å². The maximum absolute atomic E-state index is 11.1. The highest BCUT2D eigenvalue weighted by atomic mass is 32.3. The Balaban J connectivity index is 2.96. The summed E-state index contributed by atoms with van der Waals surface area (Å²) in [5.41, 5.74) is -0.402. The van der Waals surface area contributed by atoms with Crippen molar-refractivity contribution >= 4 is 16.4 Å². The summed E-state index contributed by atoms with van der Waals surface area (Å²) < 4.78 is 40.8. The molecule has 0 aliphatic carbocycles. The van der Waals surface area contributed by atoms with Crippen molar-refractivity contribution in [2.45, 2.75) is 31.8 Å². The molecule has 1 rings (SSSR count). The van der Waals surface area contributed by atoms with Crippen LogP contribution in [0.1, 0.15) is 31.7 Å². The van der Waals surface area contributed by atoms with E-state index in [9.17, 15) is 13.2 Å². The molecule has 0 saturated heterocycles. The number of hydrogen-bond acceptors (Lipinski definition) is 5. The summed E-state index contributed by atoms with van der Waals surface area (Å²) >= 11 is 0. The number of hydrogen-bond donors (Lipinski definition) is 1. The predicted molar refractivity (Wildman–Crippen MR) is 81.7 cm³/mol. The Hall–Kier alpha value is -1.70. The standard InChI is InChI=1S/C15H20O6S/c1-4-14(16)20-11-10-13(12-8-6-5-7-9-12)15(2,3)21-22(17,18)19/h4-9,13H,1,10-11H2,2-3H3,(H,17,18,19). The fraction of sp³-hybridized carbons (Fsp3) is 0.400. The number of carbonyl (C=O) groups excluding carboxylic acids is 1. The van der Waals surface area contributed by atoms with Gasteiger partial charge in [-0.3, -0.25) is 4.55 Å². The van der Waals surface area contributed by atoms with Gasteiger partial charge in [0.1, 0.15) is 0 Å². The minimum Gasteiger partial charge on any atom is -0.463 e. The molecule has 0 saturated carbocycles. The van der Waals surface area contributed by atoms with Crippen molar-refractivity contribution in [1.29, 1.82) is 0 Å². The van der Waals surface area contributed by atoms with Gasteiger partial charge in [-0.25, -0.2) is 8.98 Å². The molecular formula is C15H20O6S. The molecule has 1 unspecified atom stereocenters. The van der Waals surface area contributed by atoms with Gasteiger partial charge < -0.3 is 4.74 Å². The van der Waals surface area contributed by atoms with Crippen LogP contribution in [0, 0.1) is 0 Å². The lowest BCUT2D eigenvalue weighted by Gasteiger charge is -2.32. The van der Waals surface area contributed by atoms with E-state index in [1.807, 2.05) is 30.3 Å². The van der Waals surface area contributed by atoms with E-state index in [1.165, 1.54) is 0 Å². The Kier molecular flexibility index (Phi) is 6.28. The van der Waals surface area contributed by atoms with Crippen molar-refractivity contribution in [2.24, 2.45) is 0 Å². The van der Waals surface area contributed by atoms with Crippen LogP contribution in [0.2, 0.25) is 0 Å². The lowest BCUT2D eigenvalue weighted by molar-refractivity contribution is -0.138. The van der Waals surface area contributed by atoms with E-state index in [2.05, 4.69) is 6.58 Å². The third kappa shape index (κ3) is 5.97. The molecule has 1 aromatic carbocycles. The van der Waals surface area contributed by atoms with Crippen molar-refractivity contribution in [3.8, 4) is 0 Å². The zero-order valence-electron chi connectivity index (χ0n) is 12.6. The largest absolute Gasteiger partial charge is 0.463 e. The van der Waals surface area contributed by atoms with E-state index < -0.39 is 27.9 Å². The van der Waals surface area contributed by atoms with Crippen molar-refractivity contribution in [2.75, 3.05) is 6.61 Å². The van der Waals surface area contributed by atoms with Crippen LogP contribution in [0.15, 0.2) is 43.0 Å². The van der Waals surface area contributed by atoms with Gasteiger partial charge >= 0.3 is 16.4 Å². The molecule has 0 fully saturated rings. The van der Waals surface area contributed by atoms with E-state index in [1.54, 1.807) is 13.8 Å². The van der Waals surface area contributed by atoms with E-state index in [0.717, 1.165) is 11.6 Å². The van der Waals surface area contributed by atoms with Crippen molar-refractivity contribution < 1.29 is 26.7 Å². The molecule has 1 atom stereocenters. The summed E-state index contributed by atoms with van der Waals surface area (Å²) in [6, 6.07) is 9.07. The van der Waals surface area contributed by atoms with E-state index in [0.29, 0.717) is 6.42 Å². The molecule has 0 aliphatic heterocycles. The second-order valence-electron chi connectivity index (χ2n) is 5.24. The Morgan fingerprint density at radius 1 is 1.36 bits per heavy atom. The first kappa shape index (κ1) is 18.3. The molecule has 0 heterocycles. The topological polar surface area (TPSA) is 89.9 Å².